The van der Waals surface area contributed by atoms with Gasteiger partial charge in [-0.25, -0.2) is 0 Å². The number of nitrogens with one attached hydrogen (secondary N) is 1. The molecule has 1 atom stereocenters. The van der Waals surface area contributed by atoms with Gasteiger partial charge in [0.25, 0.3) is 0 Å². The van der Waals surface area contributed by atoms with Crippen LogP contribution in [0.4, 0.5) is 0 Å². The first kappa shape index (κ1) is 12.0. The monoisotopic (exact) mass is 233 g/mol. The van der Waals surface area contributed by atoms with Gasteiger partial charge in [-0.3, -0.25) is 0 Å². The van der Waals surface area contributed by atoms with E-state index in [0.717, 1.165) is 36.0 Å². The molecule has 3 nitrogen and oxygen atoms in total. The van der Waals surface area contributed by atoms with E-state index >= 15 is 0 Å². The topological polar surface area (TPSA) is 38.3 Å². The molecule has 0 aromatic carbocycles. The molecule has 0 saturated carbocycles. The van der Waals surface area contributed by atoms with Crippen LogP contribution in [0.2, 0.25) is 0 Å². The molecule has 2 rings (SSSR count). The summed E-state index contributed by atoms with van der Waals surface area (Å²) in [6.45, 7) is 6.85. The SMILES string of the molecule is CCc1ccc(CNC(C)c2ccc(C)o2)o1. The Kier molecular flexibility index (Phi) is 3.69. The van der Waals surface area contributed by atoms with Crippen molar-refractivity contribution < 1.29 is 8.83 Å². The van der Waals surface area contributed by atoms with Crippen LogP contribution in [0, 0.1) is 6.92 Å². The van der Waals surface area contributed by atoms with Crippen LogP contribution in [0.3, 0.4) is 0 Å². The Bertz CT molecular complexity index is 470. The van der Waals surface area contributed by atoms with Gasteiger partial charge in [-0.05, 0) is 38.1 Å². The fraction of sp³-hybridized carbons (Fsp3) is 0.429. The summed E-state index contributed by atoms with van der Waals surface area (Å²) >= 11 is 0. The van der Waals surface area contributed by atoms with Gasteiger partial charge in [0.2, 0.25) is 0 Å². The summed E-state index contributed by atoms with van der Waals surface area (Å²) in [5.41, 5.74) is 0. The van der Waals surface area contributed by atoms with Crippen molar-refractivity contribution in [3.8, 4) is 0 Å². The highest BCUT2D eigenvalue weighted by Gasteiger charge is 2.09. The van der Waals surface area contributed by atoms with Gasteiger partial charge >= 0.3 is 0 Å². The molecule has 1 unspecified atom stereocenters. The van der Waals surface area contributed by atoms with E-state index in [9.17, 15) is 0 Å². The second kappa shape index (κ2) is 5.23. The van der Waals surface area contributed by atoms with Gasteiger partial charge in [-0.15, -0.1) is 0 Å². The van der Waals surface area contributed by atoms with E-state index in [0.29, 0.717) is 0 Å². The van der Waals surface area contributed by atoms with Crippen LogP contribution in [0.5, 0.6) is 0 Å². The summed E-state index contributed by atoms with van der Waals surface area (Å²) in [6.07, 6.45) is 0.937. The molecule has 2 aromatic heterocycles. The fourth-order valence-electron chi connectivity index (χ4n) is 1.75. The standard InChI is InChI=1S/C14H19NO2/c1-4-12-6-7-13(17-12)9-15-11(3)14-8-5-10(2)16-14/h5-8,11,15H,4,9H2,1-3H3. The van der Waals surface area contributed by atoms with Crippen molar-refractivity contribution in [1.29, 1.82) is 0 Å². The van der Waals surface area contributed by atoms with E-state index in [1.54, 1.807) is 0 Å². The van der Waals surface area contributed by atoms with Crippen LogP contribution in [0.1, 0.15) is 42.9 Å². The first-order valence-corrected chi connectivity index (χ1v) is 6.06. The van der Waals surface area contributed by atoms with Gasteiger partial charge in [0.15, 0.2) is 0 Å². The van der Waals surface area contributed by atoms with Crippen LogP contribution < -0.4 is 5.32 Å². The van der Waals surface area contributed by atoms with Gasteiger partial charge in [0.05, 0.1) is 12.6 Å². The number of furan rings is 2. The Morgan fingerprint density at radius 3 is 2.47 bits per heavy atom. The Morgan fingerprint density at radius 2 is 1.88 bits per heavy atom. The van der Waals surface area contributed by atoms with Gasteiger partial charge in [-0.1, -0.05) is 6.92 Å². The molecule has 92 valence electrons. The quantitative estimate of drug-likeness (QED) is 0.857. The van der Waals surface area contributed by atoms with Gasteiger partial charge < -0.3 is 14.2 Å². The minimum absolute atomic E-state index is 0.193. The van der Waals surface area contributed by atoms with E-state index in [1.165, 1.54) is 0 Å². The fourth-order valence-corrected chi connectivity index (χ4v) is 1.75. The molecular formula is C14H19NO2. The Balaban J connectivity index is 1.89. The van der Waals surface area contributed by atoms with Crippen molar-refractivity contribution in [2.45, 2.75) is 39.8 Å². The Labute approximate surface area is 102 Å². The van der Waals surface area contributed by atoms with Crippen molar-refractivity contribution in [2.24, 2.45) is 0 Å². The molecule has 0 fully saturated rings. The molecule has 0 radical (unpaired) electrons. The predicted molar refractivity (Wildman–Crippen MR) is 66.8 cm³/mol. The smallest absolute Gasteiger partial charge is 0.120 e. The van der Waals surface area contributed by atoms with Crippen LogP contribution in [0.25, 0.3) is 0 Å². The maximum Gasteiger partial charge on any atom is 0.120 e. The zero-order valence-corrected chi connectivity index (χ0v) is 10.6. The van der Waals surface area contributed by atoms with Gasteiger partial charge in [0, 0.05) is 6.42 Å². The highest BCUT2D eigenvalue weighted by molar-refractivity contribution is 5.10. The minimum Gasteiger partial charge on any atom is -0.465 e. The summed E-state index contributed by atoms with van der Waals surface area (Å²) in [7, 11) is 0. The van der Waals surface area contributed by atoms with E-state index in [1.807, 2.05) is 31.2 Å². The van der Waals surface area contributed by atoms with E-state index in [-0.39, 0.29) is 6.04 Å². The summed E-state index contributed by atoms with van der Waals surface area (Å²) < 4.78 is 11.2. The van der Waals surface area contributed by atoms with E-state index < -0.39 is 0 Å². The number of hydrogen-bond donors (Lipinski definition) is 1. The summed E-state index contributed by atoms with van der Waals surface area (Å²) in [5, 5.41) is 3.38. The third kappa shape index (κ3) is 3.01. The van der Waals surface area contributed by atoms with Crippen LogP contribution >= 0.6 is 0 Å². The third-order valence-electron chi connectivity index (χ3n) is 2.84. The average molecular weight is 233 g/mol. The zero-order chi connectivity index (χ0) is 12.3. The molecule has 2 heterocycles. The van der Waals surface area contributed by atoms with Crippen molar-refractivity contribution in [2.75, 3.05) is 0 Å². The Hall–Kier alpha value is -1.48. The second-order valence-electron chi connectivity index (χ2n) is 4.27. The van der Waals surface area contributed by atoms with Crippen molar-refractivity contribution in [3.63, 3.8) is 0 Å². The van der Waals surface area contributed by atoms with Crippen molar-refractivity contribution in [1.82, 2.24) is 5.32 Å². The second-order valence-corrected chi connectivity index (χ2v) is 4.27. The lowest BCUT2D eigenvalue weighted by atomic mass is 10.2. The maximum absolute atomic E-state index is 5.63. The molecule has 0 aliphatic rings. The molecule has 0 amide bonds. The van der Waals surface area contributed by atoms with Gasteiger partial charge in [-0.2, -0.15) is 0 Å². The molecule has 0 saturated heterocycles. The molecule has 1 N–H and O–H groups in total. The number of aryl methyl sites for hydroxylation is 2. The van der Waals surface area contributed by atoms with Crippen LogP contribution in [-0.2, 0) is 13.0 Å². The normalized spacial score (nSPS) is 12.9. The largest absolute Gasteiger partial charge is 0.465 e. The zero-order valence-electron chi connectivity index (χ0n) is 10.6. The average Bonchev–Trinajstić information content (AvgIpc) is 2.94. The molecule has 0 spiro atoms. The first-order chi connectivity index (χ1) is 8.19. The molecule has 3 heteroatoms. The van der Waals surface area contributed by atoms with E-state index in [4.69, 9.17) is 8.83 Å². The summed E-state index contributed by atoms with van der Waals surface area (Å²) in [5.74, 6) is 3.91. The third-order valence-corrected chi connectivity index (χ3v) is 2.84. The summed E-state index contributed by atoms with van der Waals surface area (Å²) in [4.78, 5) is 0. The first-order valence-electron chi connectivity index (χ1n) is 6.06. The highest BCUT2D eigenvalue weighted by atomic mass is 16.3. The van der Waals surface area contributed by atoms with Crippen molar-refractivity contribution in [3.05, 3.63) is 47.3 Å². The summed E-state index contributed by atoms with van der Waals surface area (Å²) in [6, 6.07) is 8.23. The van der Waals surface area contributed by atoms with Gasteiger partial charge in [0.1, 0.15) is 23.0 Å². The molecule has 0 bridgehead atoms. The lowest BCUT2D eigenvalue weighted by Gasteiger charge is -2.09. The number of hydrogen-bond acceptors (Lipinski definition) is 3. The molecule has 0 aliphatic carbocycles. The predicted octanol–water partition coefficient (Wildman–Crippen LogP) is 3.59. The maximum atomic E-state index is 5.63. The number of rotatable bonds is 5. The van der Waals surface area contributed by atoms with Crippen molar-refractivity contribution >= 4 is 0 Å². The lowest BCUT2D eigenvalue weighted by molar-refractivity contribution is 0.391. The van der Waals surface area contributed by atoms with Crippen LogP contribution in [0.15, 0.2) is 33.1 Å². The molecule has 2 aromatic rings. The molecular weight excluding hydrogens is 214 g/mol. The van der Waals surface area contributed by atoms with Crippen LogP contribution in [-0.4, -0.2) is 0 Å². The molecule has 0 aliphatic heterocycles. The highest BCUT2D eigenvalue weighted by Crippen LogP contribution is 2.16. The van der Waals surface area contributed by atoms with E-state index in [2.05, 4.69) is 19.2 Å². The Morgan fingerprint density at radius 1 is 1.12 bits per heavy atom. The lowest BCUT2D eigenvalue weighted by Crippen LogP contribution is -2.17. The minimum atomic E-state index is 0.193. The molecule has 17 heavy (non-hydrogen) atoms.